The monoisotopic (exact) mass is 461 g/mol. The van der Waals surface area contributed by atoms with Gasteiger partial charge in [0, 0.05) is 11.6 Å². The third kappa shape index (κ3) is 5.28. The van der Waals surface area contributed by atoms with E-state index in [0.717, 1.165) is 4.90 Å². The van der Waals surface area contributed by atoms with Crippen molar-refractivity contribution in [2.24, 2.45) is 5.92 Å². The Hall–Kier alpha value is -3.33. The minimum absolute atomic E-state index is 0.0786. The number of amides is 4. The first kappa shape index (κ1) is 23.3. The highest BCUT2D eigenvalue weighted by molar-refractivity contribution is 6.30. The van der Waals surface area contributed by atoms with Gasteiger partial charge in [-0.25, -0.2) is 4.79 Å². The van der Waals surface area contributed by atoms with Crippen LogP contribution in [0.2, 0.25) is 5.02 Å². The van der Waals surface area contributed by atoms with Crippen LogP contribution < -0.4 is 15.4 Å². The van der Waals surface area contributed by atoms with E-state index < -0.39 is 36.3 Å². The molecule has 10 heteroatoms. The molecule has 1 aromatic heterocycles. The zero-order chi connectivity index (χ0) is 23.3. The zero-order valence-corrected chi connectivity index (χ0v) is 18.5. The lowest BCUT2D eigenvalue weighted by Crippen LogP contribution is -2.48. The molecule has 1 aromatic carbocycles. The summed E-state index contributed by atoms with van der Waals surface area (Å²) in [5, 5.41) is 5.88. The molecule has 170 valence electrons. The number of hydrogen-bond acceptors (Lipinski definition) is 6. The molecule has 0 unspecified atom stereocenters. The number of ether oxygens (including phenoxy) is 1. The summed E-state index contributed by atoms with van der Waals surface area (Å²) in [4.78, 5) is 50.1. The molecule has 32 heavy (non-hydrogen) atoms. The van der Waals surface area contributed by atoms with Crippen molar-refractivity contribution in [3.05, 3.63) is 52.4 Å². The van der Waals surface area contributed by atoms with Gasteiger partial charge in [-0.2, -0.15) is 0 Å². The Kier molecular flexibility index (Phi) is 7.53. The number of benzene rings is 1. The number of aldehydes is 1. The molecule has 1 aliphatic heterocycles. The van der Waals surface area contributed by atoms with Crippen LogP contribution in [0, 0.1) is 5.92 Å². The number of nitrogens with zero attached hydrogens (tertiary/aromatic N) is 1. The van der Waals surface area contributed by atoms with Crippen LogP contribution in [-0.4, -0.2) is 49.2 Å². The van der Waals surface area contributed by atoms with Crippen LogP contribution in [0.1, 0.15) is 41.3 Å². The second kappa shape index (κ2) is 10.3. The lowest BCUT2D eigenvalue weighted by molar-refractivity contribution is -0.133. The third-order valence-corrected chi connectivity index (χ3v) is 5.46. The van der Waals surface area contributed by atoms with E-state index in [1.54, 1.807) is 24.3 Å². The van der Waals surface area contributed by atoms with Gasteiger partial charge in [0.2, 0.25) is 11.8 Å². The Morgan fingerprint density at radius 3 is 2.81 bits per heavy atom. The Bertz CT molecular complexity index is 1020. The van der Waals surface area contributed by atoms with E-state index in [9.17, 15) is 19.2 Å². The lowest BCUT2D eigenvalue weighted by Gasteiger charge is -2.24. The van der Waals surface area contributed by atoms with E-state index in [0.29, 0.717) is 34.8 Å². The molecule has 4 amide bonds. The standard InChI is InChI=1S/C22H24ClN3O6/c1-3-17(19-7-5-16(12-27)32-19)25-22(30)26-11-20(28)24-10-14(21(26)29)8-13-9-15(23)4-6-18(13)31-2/h4-7,9,12,14,17H,3,8,10-11H2,1-2H3,(H,24,28)(H,25,30)/t14-,17-/m1/s1. The second-order valence-corrected chi connectivity index (χ2v) is 7.79. The van der Waals surface area contributed by atoms with E-state index >= 15 is 0 Å². The van der Waals surface area contributed by atoms with Gasteiger partial charge in [-0.15, -0.1) is 0 Å². The first-order valence-electron chi connectivity index (χ1n) is 10.1. The van der Waals surface area contributed by atoms with Crippen molar-refractivity contribution < 1.29 is 28.3 Å². The maximum absolute atomic E-state index is 13.2. The number of methoxy groups -OCH3 is 1. The van der Waals surface area contributed by atoms with Crippen molar-refractivity contribution in [1.82, 2.24) is 15.5 Å². The van der Waals surface area contributed by atoms with E-state index in [-0.39, 0.29) is 18.7 Å². The van der Waals surface area contributed by atoms with Crippen LogP contribution in [0.15, 0.2) is 34.7 Å². The average Bonchev–Trinajstić information content (AvgIpc) is 3.22. The highest BCUT2D eigenvalue weighted by atomic mass is 35.5. The maximum Gasteiger partial charge on any atom is 0.325 e. The molecule has 1 saturated heterocycles. The Labute approximate surface area is 190 Å². The van der Waals surface area contributed by atoms with E-state index in [1.165, 1.54) is 13.2 Å². The van der Waals surface area contributed by atoms with Crippen molar-refractivity contribution in [1.29, 1.82) is 0 Å². The first-order chi connectivity index (χ1) is 15.4. The number of urea groups is 1. The molecular formula is C22H24ClN3O6. The van der Waals surface area contributed by atoms with Gasteiger partial charge in [0.15, 0.2) is 12.0 Å². The fraction of sp³-hybridized carbons (Fsp3) is 0.364. The average molecular weight is 462 g/mol. The number of nitrogens with one attached hydrogen (secondary N) is 2. The fourth-order valence-electron chi connectivity index (χ4n) is 3.55. The molecule has 2 atom stereocenters. The Balaban J connectivity index is 1.79. The van der Waals surface area contributed by atoms with Crippen molar-refractivity contribution in [2.45, 2.75) is 25.8 Å². The lowest BCUT2D eigenvalue weighted by atomic mass is 9.97. The van der Waals surface area contributed by atoms with Crippen molar-refractivity contribution in [3.8, 4) is 5.75 Å². The van der Waals surface area contributed by atoms with Gasteiger partial charge in [0.05, 0.1) is 19.1 Å². The highest BCUT2D eigenvalue weighted by Crippen LogP contribution is 2.26. The first-order valence-corrected chi connectivity index (χ1v) is 10.5. The van der Waals surface area contributed by atoms with E-state index in [1.807, 2.05) is 6.92 Å². The number of rotatable bonds is 7. The molecule has 2 aromatic rings. The minimum Gasteiger partial charge on any atom is -0.496 e. The fourth-order valence-corrected chi connectivity index (χ4v) is 3.74. The second-order valence-electron chi connectivity index (χ2n) is 7.35. The van der Waals surface area contributed by atoms with Gasteiger partial charge in [-0.1, -0.05) is 18.5 Å². The van der Waals surface area contributed by atoms with Gasteiger partial charge in [0.1, 0.15) is 18.1 Å². The van der Waals surface area contributed by atoms with Crippen LogP contribution in [0.5, 0.6) is 5.75 Å². The molecular weight excluding hydrogens is 438 g/mol. The molecule has 1 fully saturated rings. The quantitative estimate of drug-likeness (QED) is 0.612. The smallest absolute Gasteiger partial charge is 0.325 e. The summed E-state index contributed by atoms with van der Waals surface area (Å²) in [5.41, 5.74) is 0.693. The molecule has 9 nitrogen and oxygen atoms in total. The summed E-state index contributed by atoms with van der Waals surface area (Å²) in [6, 6.07) is 6.87. The topological polar surface area (TPSA) is 118 Å². The molecule has 0 bridgehead atoms. The molecule has 0 radical (unpaired) electrons. The summed E-state index contributed by atoms with van der Waals surface area (Å²) in [7, 11) is 1.51. The van der Waals surface area contributed by atoms with Crippen molar-refractivity contribution in [3.63, 3.8) is 0 Å². The third-order valence-electron chi connectivity index (χ3n) is 5.23. The number of carbonyl (C=O) groups is 4. The SMILES string of the molecule is CC[C@@H](NC(=O)N1CC(=O)NC[C@@H](Cc2cc(Cl)ccc2OC)C1=O)c1ccc(C=O)o1. The molecule has 0 saturated carbocycles. The van der Waals surface area contributed by atoms with Gasteiger partial charge >= 0.3 is 6.03 Å². The summed E-state index contributed by atoms with van der Waals surface area (Å²) >= 11 is 6.09. The minimum atomic E-state index is -0.717. The number of halogens is 1. The highest BCUT2D eigenvalue weighted by Gasteiger charge is 2.35. The van der Waals surface area contributed by atoms with Gasteiger partial charge in [-0.3, -0.25) is 19.3 Å². The summed E-state index contributed by atoms with van der Waals surface area (Å²) in [6.45, 7) is 1.50. The number of imide groups is 1. The predicted molar refractivity (Wildman–Crippen MR) is 116 cm³/mol. The van der Waals surface area contributed by atoms with E-state index in [4.69, 9.17) is 20.8 Å². The molecule has 2 heterocycles. The van der Waals surface area contributed by atoms with Crippen LogP contribution >= 0.6 is 11.6 Å². The van der Waals surface area contributed by atoms with Crippen molar-refractivity contribution >= 4 is 35.7 Å². The van der Waals surface area contributed by atoms with E-state index in [2.05, 4.69) is 10.6 Å². The summed E-state index contributed by atoms with van der Waals surface area (Å²) < 4.78 is 10.7. The molecule has 0 spiro atoms. The number of furan rings is 1. The van der Waals surface area contributed by atoms with Crippen LogP contribution in [-0.2, 0) is 16.0 Å². The van der Waals surface area contributed by atoms with Crippen molar-refractivity contribution in [2.75, 3.05) is 20.2 Å². The molecule has 0 aliphatic carbocycles. The zero-order valence-electron chi connectivity index (χ0n) is 17.7. The Morgan fingerprint density at radius 1 is 1.38 bits per heavy atom. The molecule has 2 N–H and O–H groups in total. The van der Waals surface area contributed by atoms with Gasteiger partial charge in [0.25, 0.3) is 0 Å². The summed E-state index contributed by atoms with van der Waals surface area (Å²) in [6.07, 6.45) is 1.25. The van der Waals surface area contributed by atoms with Gasteiger partial charge < -0.3 is 19.8 Å². The normalized spacial score (nSPS) is 17.3. The number of carbonyl (C=O) groups excluding carboxylic acids is 4. The summed E-state index contributed by atoms with van der Waals surface area (Å²) in [5.74, 6) is -0.550. The van der Waals surface area contributed by atoms with Crippen LogP contribution in [0.25, 0.3) is 0 Å². The largest absolute Gasteiger partial charge is 0.496 e. The van der Waals surface area contributed by atoms with Crippen LogP contribution in [0.4, 0.5) is 4.79 Å². The predicted octanol–water partition coefficient (Wildman–Crippen LogP) is 2.73. The number of hydrogen-bond donors (Lipinski definition) is 2. The molecule has 3 rings (SSSR count). The van der Waals surface area contributed by atoms with Crippen LogP contribution in [0.3, 0.4) is 0 Å². The Morgan fingerprint density at radius 2 is 2.16 bits per heavy atom. The maximum atomic E-state index is 13.2. The molecule has 1 aliphatic rings. The van der Waals surface area contributed by atoms with Gasteiger partial charge in [-0.05, 0) is 48.7 Å².